The van der Waals surface area contributed by atoms with Crippen LogP contribution in [-0.2, 0) is 14.8 Å². The van der Waals surface area contributed by atoms with E-state index >= 15 is 0 Å². The van der Waals surface area contributed by atoms with E-state index in [4.69, 9.17) is 0 Å². The zero-order valence-electron chi connectivity index (χ0n) is 15.4. The molecule has 0 aliphatic carbocycles. The van der Waals surface area contributed by atoms with Gasteiger partial charge in [-0.1, -0.05) is 34.1 Å². The molecule has 0 radical (unpaired) electrons. The average molecular weight is 483 g/mol. The van der Waals surface area contributed by atoms with Gasteiger partial charge >= 0.3 is 0 Å². The maximum absolute atomic E-state index is 12.9. The third-order valence-electron chi connectivity index (χ3n) is 4.62. The highest BCUT2D eigenvalue weighted by Gasteiger charge is 2.33. The number of hydrogen-bond donors (Lipinski definition) is 1. The number of halogens is 1. The van der Waals surface area contributed by atoms with Crippen molar-refractivity contribution in [1.29, 1.82) is 0 Å². The van der Waals surface area contributed by atoms with E-state index in [0.29, 0.717) is 25.9 Å². The molecule has 1 unspecified atom stereocenters. The molecule has 0 saturated carbocycles. The van der Waals surface area contributed by atoms with Crippen LogP contribution in [0.4, 0.5) is 0 Å². The second-order valence-corrected chi connectivity index (χ2v) is 10.6. The molecule has 1 saturated heterocycles. The first-order valence-electron chi connectivity index (χ1n) is 9.18. The summed E-state index contributed by atoms with van der Waals surface area (Å²) in [4.78, 5) is 13.9. The van der Waals surface area contributed by atoms with E-state index in [1.807, 2.05) is 30.3 Å². The molecule has 2 aromatic rings. The second-order valence-electron chi connectivity index (χ2n) is 6.61. The van der Waals surface area contributed by atoms with Gasteiger partial charge in [-0.05, 0) is 49.2 Å². The zero-order valence-corrected chi connectivity index (χ0v) is 18.6. The number of hydrogen-bond acceptors (Lipinski definition) is 4. The van der Waals surface area contributed by atoms with Crippen molar-refractivity contribution in [2.75, 3.05) is 25.4 Å². The highest BCUT2D eigenvalue weighted by atomic mass is 79.9. The number of nitrogens with one attached hydrogen (secondary N) is 1. The Balaban J connectivity index is 1.52. The summed E-state index contributed by atoms with van der Waals surface area (Å²) in [5.41, 5.74) is 0. The van der Waals surface area contributed by atoms with Gasteiger partial charge in [0.15, 0.2) is 0 Å². The molecular formula is C20H23BrN2O3S2. The fourth-order valence-corrected chi connectivity index (χ4v) is 5.71. The third kappa shape index (κ3) is 5.59. The van der Waals surface area contributed by atoms with Crippen molar-refractivity contribution >= 4 is 43.6 Å². The monoisotopic (exact) mass is 482 g/mol. The summed E-state index contributed by atoms with van der Waals surface area (Å²) in [6.45, 7) is 1.25. The van der Waals surface area contributed by atoms with Gasteiger partial charge in [-0.15, -0.1) is 11.8 Å². The van der Waals surface area contributed by atoms with Gasteiger partial charge in [0.25, 0.3) is 0 Å². The fourth-order valence-electron chi connectivity index (χ4n) is 3.13. The molecule has 1 aliphatic heterocycles. The van der Waals surface area contributed by atoms with Gasteiger partial charge in [-0.2, -0.15) is 4.31 Å². The number of rotatable bonds is 7. The van der Waals surface area contributed by atoms with Crippen molar-refractivity contribution in [3.8, 4) is 0 Å². The van der Waals surface area contributed by atoms with Crippen LogP contribution in [0.1, 0.15) is 12.8 Å². The Morgan fingerprint density at radius 3 is 2.57 bits per heavy atom. The van der Waals surface area contributed by atoms with Gasteiger partial charge in [0.05, 0.1) is 10.8 Å². The van der Waals surface area contributed by atoms with Gasteiger partial charge in [-0.25, -0.2) is 8.42 Å². The number of sulfonamides is 1. The quantitative estimate of drug-likeness (QED) is 0.481. The number of amides is 1. The summed E-state index contributed by atoms with van der Waals surface area (Å²) in [6.07, 6.45) is 1.40. The van der Waals surface area contributed by atoms with E-state index < -0.39 is 10.0 Å². The highest BCUT2D eigenvalue weighted by Crippen LogP contribution is 2.25. The minimum absolute atomic E-state index is 0.0654. The molecule has 1 aliphatic rings. The van der Waals surface area contributed by atoms with Crippen LogP contribution in [0, 0.1) is 5.92 Å². The van der Waals surface area contributed by atoms with Crippen LogP contribution in [0.5, 0.6) is 0 Å². The van der Waals surface area contributed by atoms with Crippen molar-refractivity contribution in [2.24, 2.45) is 5.92 Å². The number of piperidine rings is 1. The Hall–Kier alpha value is -1.35. The van der Waals surface area contributed by atoms with E-state index in [1.165, 1.54) is 9.20 Å². The molecule has 0 spiro atoms. The van der Waals surface area contributed by atoms with Gasteiger partial charge in [0.2, 0.25) is 15.9 Å². The van der Waals surface area contributed by atoms with Crippen molar-refractivity contribution in [3.05, 3.63) is 59.1 Å². The molecule has 2 aromatic carbocycles. The van der Waals surface area contributed by atoms with Crippen LogP contribution in [0.3, 0.4) is 0 Å². The first-order valence-corrected chi connectivity index (χ1v) is 12.4. The Labute approximate surface area is 179 Å². The van der Waals surface area contributed by atoms with E-state index in [1.54, 1.807) is 36.0 Å². The van der Waals surface area contributed by atoms with Crippen LogP contribution in [0.15, 0.2) is 68.9 Å². The first kappa shape index (κ1) is 21.4. The predicted octanol–water partition coefficient (Wildman–Crippen LogP) is 3.76. The lowest BCUT2D eigenvalue weighted by Gasteiger charge is -2.31. The highest BCUT2D eigenvalue weighted by molar-refractivity contribution is 9.10. The molecule has 1 atom stereocenters. The number of nitrogens with zero attached hydrogens (tertiary/aromatic N) is 1. The number of benzene rings is 2. The number of thioether (sulfide) groups is 1. The van der Waals surface area contributed by atoms with Crippen LogP contribution >= 0.6 is 27.7 Å². The van der Waals surface area contributed by atoms with Crippen LogP contribution in [-0.4, -0.2) is 44.0 Å². The Kier molecular flexibility index (Phi) is 7.56. The van der Waals surface area contributed by atoms with E-state index in [-0.39, 0.29) is 23.3 Å². The van der Waals surface area contributed by atoms with Crippen molar-refractivity contribution < 1.29 is 13.2 Å². The maximum atomic E-state index is 12.9. The predicted molar refractivity (Wildman–Crippen MR) is 116 cm³/mol. The summed E-state index contributed by atoms with van der Waals surface area (Å²) in [5, 5.41) is 2.95. The molecule has 0 aromatic heterocycles. The molecule has 3 rings (SSSR count). The zero-order chi connectivity index (χ0) is 20.0. The van der Waals surface area contributed by atoms with E-state index in [0.717, 1.165) is 10.2 Å². The van der Waals surface area contributed by atoms with Gasteiger partial charge in [0, 0.05) is 34.8 Å². The molecule has 1 heterocycles. The minimum atomic E-state index is -3.58. The molecule has 150 valence electrons. The Morgan fingerprint density at radius 2 is 1.86 bits per heavy atom. The summed E-state index contributed by atoms with van der Waals surface area (Å²) >= 11 is 5.01. The smallest absolute Gasteiger partial charge is 0.243 e. The van der Waals surface area contributed by atoms with Crippen LogP contribution in [0.25, 0.3) is 0 Å². The third-order valence-corrected chi connectivity index (χ3v) is 8.04. The first-order chi connectivity index (χ1) is 13.5. The molecule has 1 fully saturated rings. The molecule has 1 amide bonds. The Morgan fingerprint density at radius 1 is 1.14 bits per heavy atom. The van der Waals surface area contributed by atoms with E-state index in [2.05, 4.69) is 21.2 Å². The molecule has 8 heteroatoms. The molecular weight excluding hydrogens is 460 g/mol. The van der Waals surface area contributed by atoms with Gasteiger partial charge in [0.1, 0.15) is 0 Å². The topological polar surface area (TPSA) is 66.5 Å². The second kappa shape index (κ2) is 9.91. The molecule has 1 N–H and O–H groups in total. The number of carbonyl (C=O) groups is 1. The fraction of sp³-hybridized carbons (Fsp3) is 0.350. The lowest BCUT2D eigenvalue weighted by molar-refractivity contribution is -0.125. The van der Waals surface area contributed by atoms with E-state index in [9.17, 15) is 13.2 Å². The van der Waals surface area contributed by atoms with Gasteiger partial charge < -0.3 is 5.32 Å². The normalized spacial score (nSPS) is 18.0. The lowest BCUT2D eigenvalue weighted by atomic mass is 9.99. The molecule has 0 bridgehead atoms. The largest absolute Gasteiger partial charge is 0.355 e. The molecule has 28 heavy (non-hydrogen) atoms. The summed E-state index contributed by atoms with van der Waals surface area (Å²) in [7, 11) is -3.58. The van der Waals surface area contributed by atoms with Crippen molar-refractivity contribution in [2.45, 2.75) is 22.6 Å². The van der Waals surface area contributed by atoms with Crippen LogP contribution in [0.2, 0.25) is 0 Å². The SMILES string of the molecule is O=C(NCCSc1ccccc1)C1CCCN(S(=O)(=O)c2ccc(Br)cc2)C1. The van der Waals surface area contributed by atoms with Crippen molar-refractivity contribution in [1.82, 2.24) is 9.62 Å². The maximum Gasteiger partial charge on any atom is 0.243 e. The summed E-state index contributed by atoms with van der Waals surface area (Å²) < 4.78 is 28.0. The van der Waals surface area contributed by atoms with Crippen LogP contribution < -0.4 is 5.32 Å². The Bertz CT molecular complexity index is 889. The number of carbonyl (C=O) groups excluding carboxylic acids is 1. The van der Waals surface area contributed by atoms with Gasteiger partial charge in [-0.3, -0.25) is 4.79 Å². The van der Waals surface area contributed by atoms with Crippen molar-refractivity contribution in [3.63, 3.8) is 0 Å². The standard InChI is InChI=1S/C20H23BrN2O3S2/c21-17-8-10-19(11-9-17)28(25,26)23-13-4-5-16(15-23)20(24)22-12-14-27-18-6-2-1-3-7-18/h1-3,6-11,16H,4-5,12-15H2,(H,22,24). The minimum Gasteiger partial charge on any atom is -0.355 e. The average Bonchev–Trinajstić information content (AvgIpc) is 2.72. The summed E-state index contributed by atoms with van der Waals surface area (Å²) in [6, 6.07) is 16.6. The lowest BCUT2D eigenvalue weighted by Crippen LogP contribution is -2.45. The molecule has 5 nitrogen and oxygen atoms in total. The summed E-state index contributed by atoms with van der Waals surface area (Å²) in [5.74, 6) is 0.411.